The SMILES string of the molecule is Cc1nccc(/C=C/N(C)C)c1[N+](=O)[O-]. The number of hydrogen-bond donors (Lipinski definition) is 0. The Labute approximate surface area is 88.2 Å². The highest BCUT2D eigenvalue weighted by Crippen LogP contribution is 2.22. The summed E-state index contributed by atoms with van der Waals surface area (Å²) >= 11 is 0. The van der Waals surface area contributed by atoms with Crippen molar-refractivity contribution in [3.63, 3.8) is 0 Å². The Bertz CT molecular complexity index is 400. The van der Waals surface area contributed by atoms with Gasteiger partial charge in [0.1, 0.15) is 5.69 Å². The van der Waals surface area contributed by atoms with Crippen LogP contribution in [-0.4, -0.2) is 28.9 Å². The molecular weight excluding hydrogens is 194 g/mol. The van der Waals surface area contributed by atoms with Crippen LogP contribution in [0.5, 0.6) is 0 Å². The van der Waals surface area contributed by atoms with Crippen LogP contribution in [-0.2, 0) is 0 Å². The summed E-state index contributed by atoms with van der Waals surface area (Å²) < 4.78 is 0. The van der Waals surface area contributed by atoms with E-state index in [2.05, 4.69) is 4.98 Å². The van der Waals surface area contributed by atoms with E-state index < -0.39 is 4.92 Å². The number of pyridine rings is 1. The molecule has 5 nitrogen and oxygen atoms in total. The normalized spacial score (nSPS) is 10.6. The van der Waals surface area contributed by atoms with Gasteiger partial charge in [0.05, 0.1) is 10.5 Å². The highest BCUT2D eigenvalue weighted by molar-refractivity contribution is 5.61. The largest absolute Gasteiger partial charge is 0.383 e. The van der Waals surface area contributed by atoms with Gasteiger partial charge >= 0.3 is 0 Å². The lowest BCUT2D eigenvalue weighted by molar-refractivity contribution is -0.385. The quantitative estimate of drug-likeness (QED) is 0.560. The number of nitro groups is 1. The molecule has 1 rings (SSSR count). The van der Waals surface area contributed by atoms with Crippen LogP contribution < -0.4 is 0 Å². The van der Waals surface area contributed by atoms with E-state index in [1.807, 2.05) is 19.0 Å². The van der Waals surface area contributed by atoms with Crippen molar-refractivity contribution in [3.05, 3.63) is 39.8 Å². The van der Waals surface area contributed by atoms with Gasteiger partial charge in [-0.15, -0.1) is 0 Å². The van der Waals surface area contributed by atoms with E-state index in [1.165, 1.54) is 0 Å². The third kappa shape index (κ3) is 2.77. The van der Waals surface area contributed by atoms with Gasteiger partial charge in [-0.05, 0) is 25.3 Å². The summed E-state index contributed by atoms with van der Waals surface area (Å²) in [5.41, 5.74) is 1.07. The minimum atomic E-state index is -0.405. The van der Waals surface area contributed by atoms with Gasteiger partial charge in [0.15, 0.2) is 0 Å². The molecule has 0 amide bonds. The van der Waals surface area contributed by atoms with Crippen molar-refractivity contribution in [2.24, 2.45) is 0 Å². The minimum Gasteiger partial charge on any atom is -0.383 e. The molecule has 0 aliphatic heterocycles. The number of rotatable bonds is 3. The Morgan fingerprint density at radius 1 is 1.53 bits per heavy atom. The monoisotopic (exact) mass is 207 g/mol. The van der Waals surface area contributed by atoms with Gasteiger partial charge in [-0.2, -0.15) is 0 Å². The molecule has 1 aromatic heterocycles. The maximum Gasteiger partial charge on any atom is 0.297 e. The fraction of sp³-hybridized carbons (Fsp3) is 0.300. The van der Waals surface area contributed by atoms with Crippen molar-refractivity contribution >= 4 is 11.8 Å². The molecule has 0 N–H and O–H groups in total. The van der Waals surface area contributed by atoms with Gasteiger partial charge < -0.3 is 4.90 Å². The molecule has 1 heterocycles. The van der Waals surface area contributed by atoms with Crippen molar-refractivity contribution in [1.29, 1.82) is 0 Å². The summed E-state index contributed by atoms with van der Waals surface area (Å²) in [7, 11) is 3.72. The standard InChI is InChI=1S/C10H13N3O2/c1-8-10(13(14)15)9(4-6-11-8)5-7-12(2)3/h4-7H,1-3H3/b7-5+. The fourth-order valence-corrected chi connectivity index (χ4v) is 1.18. The predicted octanol–water partition coefficient (Wildman–Crippen LogP) is 1.83. The van der Waals surface area contributed by atoms with E-state index in [9.17, 15) is 10.1 Å². The molecule has 0 atom stereocenters. The highest BCUT2D eigenvalue weighted by atomic mass is 16.6. The molecule has 0 aliphatic rings. The zero-order chi connectivity index (χ0) is 11.4. The van der Waals surface area contributed by atoms with E-state index in [0.29, 0.717) is 11.3 Å². The zero-order valence-electron chi connectivity index (χ0n) is 8.97. The fourth-order valence-electron chi connectivity index (χ4n) is 1.18. The Morgan fingerprint density at radius 2 is 2.20 bits per heavy atom. The molecule has 0 saturated carbocycles. The number of hydrogen-bond acceptors (Lipinski definition) is 4. The summed E-state index contributed by atoms with van der Waals surface area (Å²) in [6, 6.07) is 1.63. The second kappa shape index (κ2) is 4.54. The first-order valence-corrected chi connectivity index (χ1v) is 4.47. The second-order valence-electron chi connectivity index (χ2n) is 3.37. The van der Waals surface area contributed by atoms with Gasteiger partial charge in [0, 0.05) is 20.3 Å². The van der Waals surface area contributed by atoms with Crippen LogP contribution in [0.4, 0.5) is 5.69 Å². The molecular formula is C10H13N3O2. The molecule has 1 aromatic rings. The van der Waals surface area contributed by atoms with E-state index >= 15 is 0 Å². The molecule has 0 aliphatic carbocycles. The second-order valence-corrected chi connectivity index (χ2v) is 3.37. The van der Waals surface area contributed by atoms with Gasteiger partial charge in [-0.3, -0.25) is 15.1 Å². The zero-order valence-corrected chi connectivity index (χ0v) is 8.97. The molecule has 80 valence electrons. The van der Waals surface area contributed by atoms with Crippen molar-refractivity contribution in [1.82, 2.24) is 9.88 Å². The highest BCUT2D eigenvalue weighted by Gasteiger charge is 2.15. The first kappa shape index (κ1) is 11.2. The lowest BCUT2D eigenvalue weighted by Gasteiger charge is -2.04. The number of aryl methyl sites for hydroxylation is 1. The van der Waals surface area contributed by atoms with Crippen molar-refractivity contribution in [3.8, 4) is 0 Å². The van der Waals surface area contributed by atoms with Crippen molar-refractivity contribution in [2.75, 3.05) is 14.1 Å². The molecule has 0 unspecified atom stereocenters. The van der Waals surface area contributed by atoms with E-state index in [4.69, 9.17) is 0 Å². The summed E-state index contributed by atoms with van der Waals surface area (Å²) in [5.74, 6) is 0. The van der Waals surface area contributed by atoms with Crippen LogP contribution in [0.25, 0.3) is 6.08 Å². The lowest BCUT2D eigenvalue weighted by atomic mass is 10.2. The smallest absolute Gasteiger partial charge is 0.297 e. The summed E-state index contributed by atoms with van der Waals surface area (Å²) in [4.78, 5) is 16.1. The van der Waals surface area contributed by atoms with Gasteiger partial charge in [0.2, 0.25) is 0 Å². The van der Waals surface area contributed by atoms with Crippen LogP contribution in [0.15, 0.2) is 18.5 Å². The number of nitrogens with zero attached hydrogens (tertiary/aromatic N) is 3. The summed E-state index contributed by atoms with van der Waals surface area (Å²) in [6.45, 7) is 1.63. The van der Waals surface area contributed by atoms with Crippen LogP contribution in [0.2, 0.25) is 0 Å². The Hall–Kier alpha value is -1.91. The molecule has 5 heteroatoms. The first-order valence-electron chi connectivity index (χ1n) is 4.47. The third-order valence-electron chi connectivity index (χ3n) is 1.87. The van der Waals surface area contributed by atoms with Crippen LogP contribution in [0.1, 0.15) is 11.3 Å². The van der Waals surface area contributed by atoms with E-state index in [-0.39, 0.29) is 5.69 Å². The molecule has 0 spiro atoms. The first-order chi connectivity index (χ1) is 7.02. The summed E-state index contributed by atoms with van der Waals surface area (Å²) in [6.07, 6.45) is 5.03. The third-order valence-corrected chi connectivity index (χ3v) is 1.87. The topological polar surface area (TPSA) is 59.3 Å². The average molecular weight is 207 g/mol. The Balaban J connectivity index is 3.17. The van der Waals surface area contributed by atoms with E-state index in [1.54, 1.807) is 31.5 Å². The molecule has 15 heavy (non-hydrogen) atoms. The van der Waals surface area contributed by atoms with Crippen LogP contribution in [0, 0.1) is 17.0 Å². The molecule has 0 aromatic carbocycles. The van der Waals surface area contributed by atoms with Crippen molar-refractivity contribution < 1.29 is 4.92 Å². The Kier molecular flexibility index (Phi) is 3.38. The molecule has 0 fully saturated rings. The Morgan fingerprint density at radius 3 is 2.73 bits per heavy atom. The van der Waals surface area contributed by atoms with Gasteiger partial charge in [0.25, 0.3) is 5.69 Å². The van der Waals surface area contributed by atoms with Gasteiger partial charge in [-0.1, -0.05) is 0 Å². The van der Waals surface area contributed by atoms with Crippen molar-refractivity contribution in [2.45, 2.75) is 6.92 Å². The lowest BCUT2D eigenvalue weighted by Crippen LogP contribution is -2.01. The van der Waals surface area contributed by atoms with Gasteiger partial charge in [-0.25, -0.2) is 0 Å². The molecule has 0 saturated heterocycles. The van der Waals surface area contributed by atoms with E-state index in [0.717, 1.165) is 0 Å². The predicted molar refractivity (Wildman–Crippen MR) is 58.3 cm³/mol. The summed E-state index contributed by atoms with van der Waals surface area (Å²) in [5, 5.41) is 10.8. The van der Waals surface area contributed by atoms with Crippen LogP contribution >= 0.6 is 0 Å². The molecule has 0 radical (unpaired) electrons. The molecule has 0 bridgehead atoms. The maximum atomic E-state index is 10.8. The average Bonchev–Trinajstić information content (AvgIpc) is 2.13. The van der Waals surface area contributed by atoms with Crippen LogP contribution in [0.3, 0.4) is 0 Å². The maximum absolute atomic E-state index is 10.8. The number of aromatic nitrogens is 1. The minimum absolute atomic E-state index is 0.0654.